The Morgan fingerprint density at radius 2 is 1.94 bits per heavy atom. The third-order valence-corrected chi connectivity index (χ3v) is 8.54. The van der Waals surface area contributed by atoms with E-state index >= 15 is 0 Å². The predicted octanol–water partition coefficient (Wildman–Crippen LogP) is 3.52. The van der Waals surface area contributed by atoms with Gasteiger partial charge in [-0.2, -0.15) is 0 Å². The number of nitrogens with zero attached hydrogens (tertiary/aromatic N) is 2. The molecule has 1 saturated carbocycles. The number of methoxy groups -OCH3 is 1. The van der Waals surface area contributed by atoms with Gasteiger partial charge in [0.05, 0.1) is 19.1 Å². The molecule has 0 saturated heterocycles. The molecule has 2 bridgehead atoms. The van der Waals surface area contributed by atoms with Crippen LogP contribution in [0.3, 0.4) is 0 Å². The Morgan fingerprint density at radius 3 is 2.68 bits per heavy atom. The van der Waals surface area contributed by atoms with E-state index in [-0.39, 0.29) is 69.5 Å². The summed E-state index contributed by atoms with van der Waals surface area (Å²) in [5.41, 5.74) is 1.05. The summed E-state index contributed by atoms with van der Waals surface area (Å²) in [6.45, 7) is 2.55. The first-order chi connectivity index (χ1) is 22.8. The van der Waals surface area contributed by atoms with Gasteiger partial charge in [-0.15, -0.1) is 0 Å². The van der Waals surface area contributed by atoms with Crippen LogP contribution in [-0.2, 0) is 25.5 Å². The van der Waals surface area contributed by atoms with Crippen LogP contribution in [0.15, 0.2) is 54.9 Å². The summed E-state index contributed by atoms with van der Waals surface area (Å²) >= 11 is 0. The number of nitrogens with one attached hydrogen (secondary N) is 3. The molecule has 3 amide bonds. The third kappa shape index (κ3) is 8.90. The number of rotatable bonds is 7. The third-order valence-electron chi connectivity index (χ3n) is 8.54. The summed E-state index contributed by atoms with van der Waals surface area (Å²) in [5, 5.41) is 5.85. The second-order valence-electron chi connectivity index (χ2n) is 12.1. The van der Waals surface area contributed by atoms with E-state index in [0.29, 0.717) is 48.1 Å². The molecule has 1 aromatic heterocycles. The summed E-state index contributed by atoms with van der Waals surface area (Å²) in [6.07, 6.45) is 6.85. The number of aromatic nitrogens is 2. The molecule has 2 heterocycles. The number of benzene rings is 2. The number of amides is 3. The first kappa shape index (κ1) is 33.5. The summed E-state index contributed by atoms with van der Waals surface area (Å²) in [7, 11) is 1.52. The molecule has 12 heteroatoms. The van der Waals surface area contributed by atoms with Gasteiger partial charge >= 0.3 is 5.97 Å². The van der Waals surface area contributed by atoms with Crippen molar-refractivity contribution in [1.82, 2.24) is 25.5 Å². The van der Waals surface area contributed by atoms with E-state index < -0.39 is 5.41 Å². The van der Waals surface area contributed by atoms with E-state index in [1.807, 2.05) is 12.1 Å². The minimum absolute atomic E-state index is 0.119. The molecule has 3 aromatic rings. The van der Waals surface area contributed by atoms with Crippen molar-refractivity contribution in [3.8, 4) is 22.9 Å². The number of fused-ring (bicyclic) bond motifs is 2. The van der Waals surface area contributed by atoms with Crippen LogP contribution in [-0.4, -0.2) is 85.1 Å². The summed E-state index contributed by atoms with van der Waals surface area (Å²) < 4.78 is 17.0. The van der Waals surface area contributed by atoms with Crippen molar-refractivity contribution in [2.75, 3.05) is 46.5 Å². The maximum atomic E-state index is 13.7. The highest BCUT2D eigenvalue weighted by molar-refractivity contribution is 5.95. The number of hydrogen-bond acceptors (Lipinski definition) is 8. The molecule has 1 unspecified atom stereocenters. The van der Waals surface area contributed by atoms with Gasteiger partial charge in [0.1, 0.15) is 5.82 Å². The van der Waals surface area contributed by atoms with E-state index in [1.54, 1.807) is 54.5 Å². The van der Waals surface area contributed by atoms with Gasteiger partial charge in [0.2, 0.25) is 5.91 Å². The summed E-state index contributed by atoms with van der Waals surface area (Å²) in [4.78, 5) is 62.3. The number of imidazole rings is 1. The quantitative estimate of drug-likeness (QED) is 0.330. The predicted molar refractivity (Wildman–Crippen MR) is 174 cm³/mol. The maximum absolute atomic E-state index is 13.7. The summed E-state index contributed by atoms with van der Waals surface area (Å²) in [6, 6.07) is 12.5. The molecule has 0 radical (unpaired) electrons. The standard InChI is InChI=1S/C35H43N5O7/c1-3-46-34(44)35(20-24-9-10-24)21-25-11-12-28(45-2)29(18-25)47-22-31(42)36-15-17-40(16-5-8-30(41)39-23-35)33(43)27-7-4-6-26(19-27)32-37-13-14-38-32/h4,6-7,11-14,18-19,24H,3,5,8-10,15-17,20-23H2,1-2H3,(H,36,42)(H,37,38)(H,39,41). The molecule has 250 valence electrons. The van der Waals surface area contributed by atoms with E-state index in [9.17, 15) is 19.2 Å². The van der Waals surface area contributed by atoms with Crippen molar-refractivity contribution < 1.29 is 33.4 Å². The molecule has 1 aliphatic heterocycles. The zero-order valence-electron chi connectivity index (χ0n) is 27.0. The highest BCUT2D eigenvalue weighted by atomic mass is 16.5. The van der Waals surface area contributed by atoms with Gasteiger partial charge in [0.25, 0.3) is 11.8 Å². The first-order valence-corrected chi connectivity index (χ1v) is 16.2. The highest BCUT2D eigenvalue weighted by Crippen LogP contribution is 2.43. The van der Waals surface area contributed by atoms with E-state index in [0.717, 1.165) is 24.0 Å². The molecular weight excluding hydrogens is 602 g/mol. The van der Waals surface area contributed by atoms with Crippen molar-refractivity contribution in [1.29, 1.82) is 0 Å². The monoisotopic (exact) mass is 645 g/mol. The molecule has 3 N–H and O–H groups in total. The van der Waals surface area contributed by atoms with Crippen LogP contribution in [0.2, 0.25) is 0 Å². The van der Waals surface area contributed by atoms with Gasteiger partial charge in [0.15, 0.2) is 18.1 Å². The Balaban J connectivity index is 1.39. The fraction of sp³-hybridized carbons (Fsp3) is 0.457. The first-order valence-electron chi connectivity index (χ1n) is 16.2. The van der Waals surface area contributed by atoms with Crippen LogP contribution in [0.5, 0.6) is 11.5 Å². The second kappa shape index (κ2) is 15.6. The molecule has 1 atom stereocenters. The van der Waals surface area contributed by atoms with Crippen LogP contribution >= 0.6 is 0 Å². The Labute approximate surface area is 274 Å². The number of carbonyl (C=O) groups is 4. The highest BCUT2D eigenvalue weighted by Gasteiger charge is 2.44. The minimum atomic E-state index is -0.984. The van der Waals surface area contributed by atoms with E-state index in [2.05, 4.69) is 20.6 Å². The largest absolute Gasteiger partial charge is 0.493 e. The molecule has 12 nitrogen and oxygen atoms in total. The Morgan fingerprint density at radius 1 is 1.09 bits per heavy atom. The average Bonchev–Trinajstić information content (AvgIpc) is 3.71. The number of H-pyrrole nitrogens is 1. The SMILES string of the molecule is CCOC(=O)C1(CC2CC2)CNC(=O)CCCN(C(=O)c2cccc(-c3ncc[nH]3)c2)CCNC(=O)COc2cc(ccc2OC)C1. The van der Waals surface area contributed by atoms with Crippen LogP contribution in [0.1, 0.15) is 54.9 Å². The lowest BCUT2D eigenvalue weighted by Crippen LogP contribution is -2.46. The molecule has 2 aliphatic rings. The average molecular weight is 646 g/mol. The van der Waals surface area contributed by atoms with Crippen molar-refractivity contribution in [3.05, 3.63) is 66.0 Å². The lowest BCUT2D eigenvalue weighted by molar-refractivity contribution is -0.156. The van der Waals surface area contributed by atoms with Crippen molar-refractivity contribution in [3.63, 3.8) is 0 Å². The molecule has 5 rings (SSSR count). The van der Waals surface area contributed by atoms with Gasteiger partial charge < -0.3 is 34.7 Å². The van der Waals surface area contributed by atoms with Crippen molar-refractivity contribution >= 4 is 23.7 Å². The number of aromatic amines is 1. The van der Waals surface area contributed by atoms with E-state index in [1.165, 1.54) is 7.11 Å². The minimum Gasteiger partial charge on any atom is -0.493 e. The van der Waals surface area contributed by atoms with Crippen LogP contribution in [0.4, 0.5) is 0 Å². The van der Waals surface area contributed by atoms with Gasteiger partial charge in [-0.3, -0.25) is 19.2 Å². The lowest BCUT2D eigenvalue weighted by Gasteiger charge is -2.32. The molecule has 0 spiro atoms. The number of hydrogen-bond donors (Lipinski definition) is 3. The zero-order chi connectivity index (χ0) is 33.2. The number of carbonyl (C=O) groups excluding carboxylic acids is 4. The maximum Gasteiger partial charge on any atom is 0.314 e. The fourth-order valence-corrected chi connectivity index (χ4v) is 5.96. The summed E-state index contributed by atoms with van der Waals surface area (Å²) in [5.74, 6) is 0.668. The normalized spacial score (nSPS) is 19.7. The van der Waals surface area contributed by atoms with Gasteiger partial charge in [0, 0.05) is 56.1 Å². The van der Waals surface area contributed by atoms with Crippen molar-refractivity contribution in [2.45, 2.75) is 45.4 Å². The zero-order valence-corrected chi connectivity index (χ0v) is 27.0. The molecule has 2 aromatic carbocycles. The Hall–Kier alpha value is -4.87. The molecular formula is C35H43N5O7. The van der Waals surface area contributed by atoms with E-state index in [4.69, 9.17) is 14.2 Å². The molecule has 47 heavy (non-hydrogen) atoms. The van der Waals surface area contributed by atoms with Crippen LogP contribution in [0, 0.1) is 11.3 Å². The molecule has 1 fully saturated rings. The van der Waals surface area contributed by atoms with Gasteiger partial charge in [-0.1, -0.05) is 31.0 Å². The molecule has 1 aliphatic carbocycles. The van der Waals surface area contributed by atoms with Gasteiger partial charge in [-0.05, 0) is 61.9 Å². The topological polar surface area (TPSA) is 152 Å². The van der Waals surface area contributed by atoms with Crippen molar-refractivity contribution in [2.24, 2.45) is 11.3 Å². The lowest BCUT2D eigenvalue weighted by atomic mass is 9.76. The van der Waals surface area contributed by atoms with Crippen LogP contribution < -0.4 is 20.1 Å². The Kier molecular flexibility index (Phi) is 11.1. The Bertz CT molecular complexity index is 1560. The van der Waals surface area contributed by atoms with Crippen LogP contribution in [0.25, 0.3) is 11.4 Å². The smallest absolute Gasteiger partial charge is 0.314 e. The van der Waals surface area contributed by atoms with Gasteiger partial charge in [-0.25, -0.2) is 4.98 Å². The fourth-order valence-electron chi connectivity index (χ4n) is 5.96. The second-order valence-corrected chi connectivity index (χ2v) is 12.1. The number of esters is 1. The number of ether oxygens (including phenoxy) is 3.